The monoisotopic (exact) mass is 414 g/mol. The van der Waals surface area contributed by atoms with E-state index in [-0.39, 0.29) is 0 Å². The normalized spacial score (nSPS) is 52.5. The summed E-state index contributed by atoms with van der Waals surface area (Å²) in [5.41, 5.74) is 1.79. The van der Waals surface area contributed by atoms with E-state index in [1.165, 1.54) is 64.2 Å². The van der Waals surface area contributed by atoms with Gasteiger partial charge < -0.3 is 4.74 Å². The molecule has 0 aliphatic heterocycles. The van der Waals surface area contributed by atoms with Crippen LogP contribution in [-0.2, 0) is 4.74 Å². The Bertz CT molecular complexity index is 638. The van der Waals surface area contributed by atoms with Gasteiger partial charge in [0.2, 0.25) is 0 Å². The molecular formula is C29H50O. The summed E-state index contributed by atoms with van der Waals surface area (Å²) in [6, 6.07) is 0. The van der Waals surface area contributed by atoms with Crippen molar-refractivity contribution in [3.63, 3.8) is 0 Å². The molecule has 0 aromatic heterocycles. The number of hydrogen-bond donors (Lipinski definition) is 0. The summed E-state index contributed by atoms with van der Waals surface area (Å²) < 4.78 is 6.47. The third-order valence-corrected chi connectivity index (χ3v) is 12.0. The molecule has 172 valence electrons. The quantitative estimate of drug-likeness (QED) is 0.408. The van der Waals surface area contributed by atoms with Gasteiger partial charge in [0.15, 0.2) is 0 Å². The molecule has 5 aliphatic carbocycles. The van der Waals surface area contributed by atoms with Gasteiger partial charge in [-0.1, -0.05) is 60.3 Å². The van der Waals surface area contributed by atoms with Crippen LogP contribution < -0.4 is 0 Å². The molecule has 10 unspecified atom stereocenters. The molecule has 0 radical (unpaired) electrons. The van der Waals surface area contributed by atoms with Gasteiger partial charge in [-0.05, 0) is 104 Å². The Balaban J connectivity index is 1.36. The predicted molar refractivity (Wildman–Crippen MR) is 126 cm³/mol. The Morgan fingerprint density at radius 3 is 2.43 bits per heavy atom. The van der Waals surface area contributed by atoms with Gasteiger partial charge in [-0.3, -0.25) is 0 Å². The maximum absolute atomic E-state index is 6.47. The second kappa shape index (κ2) is 7.50. The minimum atomic E-state index is 0.572. The van der Waals surface area contributed by atoms with Gasteiger partial charge in [0.25, 0.3) is 0 Å². The number of hydrogen-bond acceptors (Lipinski definition) is 1. The molecule has 0 heterocycles. The van der Waals surface area contributed by atoms with Crippen molar-refractivity contribution >= 4 is 0 Å². The minimum absolute atomic E-state index is 0.572. The van der Waals surface area contributed by atoms with Crippen LogP contribution in [0.5, 0.6) is 0 Å². The smallest absolute Gasteiger partial charge is 0.0639 e. The first kappa shape index (κ1) is 21.8. The lowest BCUT2D eigenvalue weighted by Gasteiger charge is -2.54. The van der Waals surface area contributed by atoms with Crippen LogP contribution >= 0.6 is 0 Å². The summed E-state index contributed by atoms with van der Waals surface area (Å²) in [5, 5.41) is 0. The maximum Gasteiger partial charge on any atom is 0.0639 e. The molecule has 5 rings (SSSR count). The van der Waals surface area contributed by atoms with E-state index < -0.39 is 0 Å². The number of fused-ring (bicyclic) bond motifs is 5. The minimum Gasteiger partial charge on any atom is -0.378 e. The molecule has 5 saturated carbocycles. The topological polar surface area (TPSA) is 9.23 Å². The Labute approximate surface area is 187 Å². The van der Waals surface area contributed by atoms with Crippen LogP contribution in [0, 0.1) is 57.7 Å². The standard InChI is InChI=1S/C29H50O/c1-7-30-25-12-9-16-28(6)23-15-17-27(5)21(20(4)11-8-10-19(2)3)13-14-22(27)26(23)24-18-29(24,25)28/h19-26H,7-18H2,1-6H3. The van der Waals surface area contributed by atoms with E-state index in [0.717, 1.165) is 48.0 Å². The molecule has 0 saturated heterocycles. The molecular weight excluding hydrogens is 364 g/mol. The molecule has 5 aliphatic rings. The van der Waals surface area contributed by atoms with Gasteiger partial charge in [0, 0.05) is 12.0 Å². The Morgan fingerprint density at radius 2 is 1.70 bits per heavy atom. The summed E-state index contributed by atoms with van der Waals surface area (Å²) in [6.45, 7) is 16.0. The van der Waals surface area contributed by atoms with Crippen molar-refractivity contribution in [2.75, 3.05) is 6.61 Å². The maximum atomic E-state index is 6.47. The lowest BCUT2D eigenvalue weighted by Crippen LogP contribution is -2.49. The van der Waals surface area contributed by atoms with Crippen molar-refractivity contribution in [1.29, 1.82) is 0 Å². The van der Waals surface area contributed by atoms with E-state index in [0.29, 0.717) is 22.3 Å². The van der Waals surface area contributed by atoms with E-state index in [1.807, 2.05) is 0 Å². The van der Waals surface area contributed by atoms with Crippen molar-refractivity contribution in [2.45, 2.75) is 118 Å². The highest BCUT2D eigenvalue weighted by Crippen LogP contribution is 2.85. The first-order chi connectivity index (χ1) is 14.3. The van der Waals surface area contributed by atoms with Gasteiger partial charge in [-0.15, -0.1) is 0 Å². The zero-order valence-corrected chi connectivity index (χ0v) is 21.0. The van der Waals surface area contributed by atoms with E-state index in [1.54, 1.807) is 6.42 Å². The predicted octanol–water partition coefficient (Wildman–Crippen LogP) is 8.12. The largest absolute Gasteiger partial charge is 0.378 e. The van der Waals surface area contributed by atoms with Gasteiger partial charge in [-0.2, -0.15) is 0 Å². The van der Waals surface area contributed by atoms with Gasteiger partial charge in [0.05, 0.1) is 6.10 Å². The molecule has 1 spiro atoms. The van der Waals surface area contributed by atoms with Crippen LogP contribution in [0.1, 0.15) is 112 Å². The van der Waals surface area contributed by atoms with Gasteiger partial charge in [0.1, 0.15) is 0 Å². The first-order valence-electron chi connectivity index (χ1n) is 13.9. The second-order valence-electron chi connectivity index (χ2n) is 13.4. The molecule has 10 atom stereocenters. The third kappa shape index (κ3) is 2.82. The summed E-state index contributed by atoms with van der Waals surface area (Å²) in [5.74, 6) is 6.84. The van der Waals surface area contributed by atoms with Crippen LogP contribution in [-0.4, -0.2) is 12.7 Å². The SMILES string of the molecule is CCOC1CCCC2(C)C3CCC4(C)C(C(C)CCCC(C)C)CCC4C3C3CC132. The molecule has 30 heavy (non-hydrogen) atoms. The molecule has 0 aromatic rings. The van der Waals surface area contributed by atoms with Crippen LogP contribution in [0.2, 0.25) is 0 Å². The average molecular weight is 415 g/mol. The van der Waals surface area contributed by atoms with E-state index >= 15 is 0 Å². The Hall–Kier alpha value is -0.0400. The molecule has 0 amide bonds. The van der Waals surface area contributed by atoms with E-state index in [4.69, 9.17) is 4.74 Å². The molecule has 1 heteroatoms. The molecule has 0 aromatic carbocycles. The first-order valence-corrected chi connectivity index (χ1v) is 13.9. The van der Waals surface area contributed by atoms with Crippen molar-refractivity contribution in [2.24, 2.45) is 57.7 Å². The third-order valence-electron chi connectivity index (χ3n) is 12.0. The molecule has 1 nitrogen and oxygen atoms in total. The number of rotatable bonds is 7. The van der Waals surface area contributed by atoms with Crippen LogP contribution in [0.3, 0.4) is 0 Å². The zero-order valence-electron chi connectivity index (χ0n) is 21.0. The molecule has 0 bridgehead atoms. The molecule has 5 fully saturated rings. The fourth-order valence-electron chi connectivity index (χ4n) is 10.8. The van der Waals surface area contributed by atoms with Crippen molar-refractivity contribution < 1.29 is 4.74 Å². The Morgan fingerprint density at radius 1 is 0.900 bits per heavy atom. The van der Waals surface area contributed by atoms with E-state index in [9.17, 15) is 0 Å². The summed E-state index contributed by atoms with van der Waals surface area (Å²) in [6.07, 6.45) is 16.8. The lowest BCUT2D eigenvalue weighted by molar-refractivity contribution is -0.101. The van der Waals surface area contributed by atoms with Crippen LogP contribution in [0.15, 0.2) is 0 Å². The highest BCUT2D eigenvalue weighted by atomic mass is 16.5. The highest BCUT2D eigenvalue weighted by Gasteiger charge is 2.81. The molecule has 0 N–H and O–H groups in total. The zero-order chi connectivity index (χ0) is 21.3. The average Bonchev–Trinajstić information content (AvgIpc) is 3.26. The highest BCUT2D eigenvalue weighted by molar-refractivity contribution is 5.29. The van der Waals surface area contributed by atoms with Crippen molar-refractivity contribution in [3.05, 3.63) is 0 Å². The fraction of sp³-hybridized carbons (Fsp3) is 1.00. The number of ether oxygens (including phenoxy) is 1. The van der Waals surface area contributed by atoms with Crippen LogP contribution in [0.4, 0.5) is 0 Å². The van der Waals surface area contributed by atoms with Gasteiger partial charge in [-0.25, -0.2) is 0 Å². The Kier molecular flexibility index (Phi) is 5.44. The summed E-state index contributed by atoms with van der Waals surface area (Å²) >= 11 is 0. The van der Waals surface area contributed by atoms with Crippen LogP contribution in [0.25, 0.3) is 0 Å². The van der Waals surface area contributed by atoms with Crippen molar-refractivity contribution in [1.82, 2.24) is 0 Å². The summed E-state index contributed by atoms with van der Waals surface area (Å²) in [4.78, 5) is 0. The summed E-state index contributed by atoms with van der Waals surface area (Å²) in [7, 11) is 0. The lowest BCUT2D eigenvalue weighted by atomic mass is 9.51. The fourth-order valence-corrected chi connectivity index (χ4v) is 10.8. The van der Waals surface area contributed by atoms with Crippen molar-refractivity contribution in [3.8, 4) is 0 Å². The van der Waals surface area contributed by atoms with E-state index in [2.05, 4.69) is 41.5 Å². The second-order valence-corrected chi connectivity index (χ2v) is 13.4. The van der Waals surface area contributed by atoms with Gasteiger partial charge >= 0.3 is 0 Å².